The van der Waals surface area contributed by atoms with Gasteiger partial charge in [0.2, 0.25) is 0 Å². The molecule has 124 valence electrons. The molecule has 0 spiro atoms. The summed E-state index contributed by atoms with van der Waals surface area (Å²) in [5, 5.41) is 8.40. The molecule has 2 aromatic rings. The third-order valence-electron chi connectivity index (χ3n) is 3.95. The molecule has 0 bridgehead atoms. The van der Waals surface area contributed by atoms with Gasteiger partial charge in [0.1, 0.15) is 0 Å². The van der Waals surface area contributed by atoms with Crippen LogP contribution in [0.4, 0.5) is 5.69 Å². The minimum Gasteiger partial charge on any atom is -0.374 e. The summed E-state index contributed by atoms with van der Waals surface area (Å²) >= 11 is 0. The number of nitrogens with two attached hydrogens (primary N) is 1. The molecule has 1 fully saturated rings. The summed E-state index contributed by atoms with van der Waals surface area (Å²) in [7, 11) is 0. The summed E-state index contributed by atoms with van der Waals surface area (Å²) in [6, 6.07) is 3.50. The van der Waals surface area contributed by atoms with Gasteiger partial charge >= 0.3 is 0 Å². The summed E-state index contributed by atoms with van der Waals surface area (Å²) in [4.78, 5) is 14.4. The van der Waals surface area contributed by atoms with Crippen LogP contribution in [0.5, 0.6) is 0 Å². The molecule has 23 heavy (non-hydrogen) atoms. The molecule has 0 aromatic carbocycles. The van der Waals surface area contributed by atoms with E-state index in [0.29, 0.717) is 26.2 Å². The lowest BCUT2D eigenvalue weighted by atomic mass is 10.2. The van der Waals surface area contributed by atoms with E-state index in [9.17, 15) is 4.79 Å². The number of nitrogens with zero attached hydrogens (tertiary/aromatic N) is 5. The molecule has 0 radical (unpaired) electrons. The molecule has 0 amide bonds. The largest absolute Gasteiger partial charge is 0.374 e. The molecule has 3 heterocycles. The van der Waals surface area contributed by atoms with Crippen molar-refractivity contribution < 1.29 is 4.74 Å². The minimum atomic E-state index is -0.100. The Balaban J connectivity index is 1.65. The van der Waals surface area contributed by atoms with E-state index in [1.807, 2.05) is 12.3 Å². The average molecular weight is 318 g/mol. The Morgan fingerprint density at radius 2 is 2.26 bits per heavy atom. The van der Waals surface area contributed by atoms with Crippen LogP contribution in [-0.4, -0.2) is 51.9 Å². The van der Waals surface area contributed by atoms with Crippen LogP contribution >= 0.6 is 0 Å². The van der Waals surface area contributed by atoms with Crippen molar-refractivity contribution in [3.05, 3.63) is 41.1 Å². The van der Waals surface area contributed by atoms with Gasteiger partial charge in [-0.25, -0.2) is 4.68 Å². The van der Waals surface area contributed by atoms with Gasteiger partial charge in [-0.1, -0.05) is 0 Å². The normalized spacial score (nSPS) is 18.3. The van der Waals surface area contributed by atoms with Crippen LogP contribution in [0, 0.1) is 0 Å². The second kappa shape index (κ2) is 7.38. The molecule has 1 aliphatic heterocycles. The van der Waals surface area contributed by atoms with Gasteiger partial charge in [0, 0.05) is 31.5 Å². The van der Waals surface area contributed by atoms with E-state index in [-0.39, 0.29) is 11.7 Å². The van der Waals surface area contributed by atoms with E-state index in [2.05, 4.69) is 15.1 Å². The third-order valence-corrected chi connectivity index (χ3v) is 3.95. The molecule has 2 N–H and O–H groups in total. The first-order valence-electron chi connectivity index (χ1n) is 7.87. The first-order valence-corrected chi connectivity index (χ1v) is 7.87. The first kappa shape index (κ1) is 15.7. The third kappa shape index (κ3) is 3.96. The fourth-order valence-electron chi connectivity index (χ4n) is 2.71. The summed E-state index contributed by atoms with van der Waals surface area (Å²) in [6.45, 7) is 3.88. The zero-order valence-corrected chi connectivity index (χ0v) is 13.0. The highest BCUT2D eigenvalue weighted by Crippen LogP contribution is 2.16. The fourth-order valence-corrected chi connectivity index (χ4v) is 2.71. The van der Waals surface area contributed by atoms with Gasteiger partial charge in [-0.3, -0.25) is 9.48 Å². The van der Waals surface area contributed by atoms with Crippen LogP contribution in [0.1, 0.15) is 6.42 Å². The van der Waals surface area contributed by atoms with Crippen LogP contribution in [0.2, 0.25) is 0 Å². The summed E-state index contributed by atoms with van der Waals surface area (Å²) in [6.07, 6.45) is 6.27. The number of hydrogen-bond acceptors (Lipinski definition) is 6. The second-order valence-corrected chi connectivity index (χ2v) is 5.56. The zero-order valence-electron chi connectivity index (χ0n) is 13.0. The molecule has 3 rings (SSSR count). The Hall–Kier alpha value is -2.19. The summed E-state index contributed by atoms with van der Waals surface area (Å²) < 4.78 is 8.91. The standard InChI is InChI=1S/C15H22N6O2/c16-3-2-14-12-19(8-9-23-14)13-10-15(22)21(18-11-13)7-6-20-5-1-4-17-20/h1,4-5,10-11,14H,2-3,6-9,12,16H2/t14-/m1/s1. The van der Waals surface area contributed by atoms with Crippen LogP contribution in [-0.2, 0) is 17.8 Å². The number of rotatable bonds is 6. The number of anilines is 1. The van der Waals surface area contributed by atoms with Gasteiger partial charge in [0.15, 0.2) is 0 Å². The number of aromatic nitrogens is 4. The maximum atomic E-state index is 12.2. The van der Waals surface area contributed by atoms with Gasteiger partial charge < -0.3 is 15.4 Å². The van der Waals surface area contributed by atoms with Crippen molar-refractivity contribution in [3.8, 4) is 0 Å². The Morgan fingerprint density at radius 1 is 1.35 bits per heavy atom. The van der Waals surface area contributed by atoms with Crippen molar-refractivity contribution in [2.45, 2.75) is 25.6 Å². The van der Waals surface area contributed by atoms with E-state index >= 15 is 0 Å². The Kier molecular flexibility index (Phi) is 5.04. The van der Waals surface area contributed by atoms with Crippen LogP contribution in [0.3, 0.4) is 0 Å². The average Bonchev–Trinajstić information content (AvgIpc) is 3.08. The lowest BCUT2D eigenvalue weighted by Gasteiger charge is -2.34. The number of morpholine rings is 1. The molecule has 8 nitrogen and oxygen atoms in total. The SMILES string of the molecule is NCC[C@@H]1CN(c2cnn(CCn3cccn3)c(=O)c2)CCO1. The van der Waals surface area contributed by atoms with Gasteiger partial charge in [-0.05, 0) is 19.0 Å². The predicted octanol–water partition coefficient (Wildman–Crippen LogP) is -0.306. The Labute approximate surface area is 134 Å². The van der Waals surface area contributed by atoms with Crippen LogP contribution < -0.4 is 16.2 Å². The second-order valence-electron chi connectivity index (χ2n) is 5.56. The fraction of sp³-hybridized carbons (Fsp3) is 0.533. The van der Waals surface area contributed by atoms with Crippen molar-refractivity contribution in [3.63, 3.8) is 0 Å². The summed E-state index contributed by atoms with van der Waals surface area (Å²) in [5.41, 5.74) is 6.33. The molecule has 0 aliphatic carbocycles. The molecule has 0 saturated carbocycles. The lowest BCUT2D eigenvalue weighted by Crippen LogP contribution is -2.44. The van der Waals surface area contributed by atoms with Crippen molar-refractivity contribution in [2.24, 2.45) is 5.73 Å². The summed E-state index contributed by atoms with van der Waals surface area (Å²) in [5.74, 6) is 0. The molecule has 2 aromatic heterocycles. The highest BCUT2D eigenvalue weighted by Gasteiger charge is 2.20. The maximum absolute atomic E-state index is 12.2. The molecule has 1 aliphatic rings. The molecule has 8 heteroatoms. The maximum Gasteiger partial charge on any atom is 0.268 e. The van der Waals surface area contributed by atoms with Gasteiger partial charge in [0.25, 0.3) is 5.56 Å². The Bertz CT molecular complexity index is 667. The first-order chi connectivity index (χ1) is 11.3. The molecule has 0 unspecified atom stereocenters. The number of ether oxygens (including phenoxy) is 1. The molecular formula is C15H22N6O2. The van der Waals surface area contributed by atoms with Crippen molar-refractivity contribution >= 4 is 5.69 Å². The van der Waals surface area contributed by atoms with E-state index < -0.39 is 0 Å². The minimum absolute atomic E-state index is 0.100. The topological polar surface area (TPSA) is 91.2 Å². The van der Waals surface area contributed by atoms with Crippen molar-refractivity contribution in [2.75, 3.05) is 31.1 Å². The monoisotopic (exact) mass is 318 g/mol. The van der Waals surface area contributed by atoms with Crippen LogP contribution in [0.15, 0.2) is 35.5 Å². The molecule has 1 saturated heterocycles. The zero-order chi connectivity index (χ0) is 16.1. The van der Waals surface area contributed by atoms with E-state index in [0.717, 1.165) is 25.2 Å². The molecule has 1 atom stereocenters. The van der Waals surface area contributed by atoms with Crippen molar-refractivity contribution in [1.82, 2.24) is 19.6 Å². The number of hydrogen-bond donors (Lipinski definition) is 1. The van der Waals surface area contributed by atoms with Gasteiger partial charge in [-0.2, -0.15) is 10.2 Å². The van der Waals surface area contributed by atoms with Gasteiger partial charge in [-0.15, -0.1) is 0 Å². The van der Waals surface area contributed by atoms with E-state index in [4.69, 9.17) is 10.5 Å². The highest BCUT2D eigenvalue weighted by molar-refractivity contribution is 5.43. The molecular weight excluding hydrogens is 296 g/mol. The number of aryl methyl sites for hydroxylation is 2. The van der Waals surface area contributed by atoms with E-state index in [1.54, 1.807) is 23.1 Å². The van der Waals surface area contributed by atoms with Crippen LogP contribution in [0.25, 0.3) is 0 Å². The smallest absolute Gasteiger partial charge is 0.268 e. The predicted molar refractivity (Wildman–Crippen MR) is 86.3 cm³/mol. The van der Waals surface area contributed by atoms with E-state index in [1.165, 1.54) is 4.68 Å². The Morgan fingerprint density at radius 3 is 3.00 bits per heavy atom. The van der Waals surface area contributed by atoms with Gasteiger partial charge in [0.05, 0.1) is 37.7 Å². The van der Waals surface area contributed by atoms with Crippen molar-refractivity contribution in [1.29, 1.82) is 0 Å². The quantitative estimate of drug-likeness (QED) is 0.786. The lowest BCUT2D eigenvalue weighted by molar-refractivity contribution is 0.0368. The highest BCUT2D eigenvalue weighted by atomic mass is 16.5.